The minimum atomic E-state index is -3.68. The number of carbonyl (C=O) groups is 1. The first-order chi connectivity index (χ1) is 14.5. The number of nitrogens with zero attached hydrogens (tertiary/aromatic N) is 4. The van der Waals surface area contributed by atoms with Gasteiger partial charge >= 0.3 is 0 Å². The van der Waals surface area contributed by atoms with Crippen LogP contribution in [-0.4, -0.2) is 54.9 Å². The van der Waals surface area contributed by atoms with Gasteiger partial charge in [-0.25, -0.2) is 8.42 Å². The number of hydrogen-bond acceptors (Lipinski definition) is 6. The summed E-state index contributed by atoms with van der Waals surface area (Å²) in [5.74, 6) is 0.206. The van der Waals surface area contributed by atoms with Gasteiger partial charge in [-0.2, -0.15) is 9.57 Å². The van der Waals surface area contributed by atoms with Crippen molar-refractivity contribution in [2.24, 2.45) is 0 Å². The first-order valence-electron chi connectivity index (χ1n) is 9.31. The van der Waals surface area contributed by atoms with Crippen LogP contribution in [0.25, 0.3) is 11.3 Å². The zero-order chi connectivity index (χ0) is 21.1. The molecule has 1 aromatic heterocycles. The molecule has 0 atom stereocenters. The average molecular weight is 422 g/mol. The normalized spacial score (nSPS) is 15.0. The summed E-state index contributed by atoms with van der Waals surface area (Å²) in [6.07, 6.45) is 0. The largest absolute Gasteiger partial charge is 0.355 e. The fourth-order valence-corrected chi connectivity index (χ4v) is 4.68. The van der Waals surface area contributed by atoms with E-state index in [0.717, 1.165) is 5.56 Å². The zero-order valence-electron chi connectivity index (χ0n) is 15.9. The number of aromatic nitrogens is 1. The predicted octanol–water partition coefficient (Wildman–Crippen LogP) is 2.36. The Morgan fingerprint density at radius 2 is 1.67 bits per heavy atom. The van der Waals surface area contributed by atoms with Crippen LogP contribution in [0.3, 0.4) is 0 Å². The minimum absolute atomic E-state index is 0.130. The Labute approximate surface area is 174 Å². The monoisotopic (exact) mass is 422 g/mol. The van der Waals surface area contributed by atoms with Gasteiger partial charge in [0.15, 0.2) is 11.5 Å². The summed E-state index contributed by atoms with van der Waals surface area (Å²) in [7, 11) is -3.68. The standard InChI is InChI=1S/C21H18N4O4S/c22-15-16-6-8-18(9-7-16)30(27,28)25-12-10-24(11-13-25)21(26)19-14-20(29-23-19)17-4-2-1-3-5-17/h1-9,14H,10-13H2. The van der Waals surface area contributed by atoms with Gasteiger partial charge in [0.25, 0.3) is 5.91 Å². The van der Waals surface area contributed by atoms with Crippen LogP contribution in [0, 0.1) is 11.3 Å². The van der Waals surface area contributed by atoms with E-state index in [2.05, 4.69) is 5.16 Å². The molecule has 1 saturated heterocycles. The van der Waals surface area contributed by atoms with Gasteiger partial charge in [-0.3, -0.25) is 4.79 Å². The maximum atomic E-state index is 12.8. The van der Waals surface area contributed by atoms with Gasteiger partial charge in [-0.1, -0.05) is 35.5 Å². The van der Waals surface area contributed by atoms with Crippen LogP contribution in [-0.2, 0) is 10.0 Å². The number of rotatable bonds is 4. The molecule has 1 amide bonds. The third-order valence-corrected chi connectivity index (χ3v) is 6.85. The number of piperazine rings is 1. The topological polar surface area (TPSA) is 108 Å². The van der Waals surface area contributed by atoms with E-state index >= 15 is 0 Å². The van der Waals surface area contributed by atoms with E-state index in [1.807, 2.05) is 36.4 Å². The second kappa shape index (κ2) is 8.10. The Kier molecular flexibility index (Phi) is 5.35. The molecule has 1 fully saturated rings. The number of nitriles is 1. The highest BCUT2D eigenvalue weighted by molar-refractivity contribution is 7.89. The van der Waals surface area contributed by atoms with Gasteiger partial charge in [0.1, 0.15) is 0 Å². The number of benzene rings is 2. The van der Waals surface area contributed by atoms with E-state index in [4.69, 9.17) is 9.78 Å². The van der Waals surface area contributed by atoms with Crippen molar-refractivity contribution in [2.75, 3.05) is 26.2 Å². The second-order valence-corrected chi connectivity index (χ2v) is 8.71. The van der Waals surface area contributed by atoms with Crippen LogP contribution in [0.4, 0.5) is 0 Å². The molecule has 0 unspecified atom stereocenters. The molecule has 0 aliphatic carbocycles. The van der Waals surface area contributed by atoms with Gasteiger partial charge in [0.2, 0.25) is 10.0 Å². The van der Waals surface area contributed by atoms with Crippen molar-refractivity contribution < 1.29 is 17.7 Å². The van der Waals surface area contributed by atoms with Gasteiger partial charge in [0.05, 0.1) is 16.5 Å². The van der Waals surface area contributed by atoms with Crippen LogP contribution < -0.4 is 0 Å². The van der Waals surface area contributed by atoms with Crippen molar-refractivity contribution in [3.05, 3.63) is 71.9 Å². The highest BCUT2D eigenvalue weighted by Crippen LogP contribution is 2.22. The molecule has 8 nitrogen and oxygen atoms in total. The van der Waals surface area contributed by atoms with Crippen LogP contribution in [0.2, 0.25) is 0 Å². The van der Waals surface area contributed by atoms with E-state index in [1.165, 1.54) is 28.6 Å². The van der Waals surface area contributed by atoms with Crippen molar-refractivity contribution in [1.82, 2.24) is 14.4 Å². The molecule has 0 bridgehead atoms. The first kappa shape index (κ1) is 19.8. The van der Waals surface area contributed by atoms with E-state index in [-0.39, 0.29) is 42.7 Å². The Morgan fingerprint density at radius 1 is 1.00 bits per heavy atom. The summed E-state index contributed by atoms with van der Waals surface area (Å²) in [4.78, 5) is 14.4. The molecule has 3 aromatic rings. The second-order valence-electron chi connectivity index (χ2n) is 6.77. The van der Waals surface area contributed by atoms with E-state index in [0.29, 0.717) is 11.3 Å². The number of sulfonamides is 1. The lowest BCUT2D eigenvalue weighted by atomic mass is 10.1. The summed E-state index contributed by atoms with van der Waals surface area (Å²) >= 11 is 0. The highest BCUT2D eigenvalue weighted by atomic mass is 32.2. The molecular formula is C21H18N4O4S. The highest BCUT2D eigenvalue weighted by Gasteiger charge is 2.31. The molecule has 152 valence electrons. The quantitative estimate of drug-likeness (QED) is 0.639. The molecule has 1 aliphatic heterocycles. The maximum absolute atomic E-state index is 12.8. The van der Waals surface area contributed by atoms with Gasteiger partial charge in [0, 0.05) is 37.8 Å². The van der Waals surface area contributed by atoms with Crippen LogP contribution in [0.15, 0.2) is 70.1 Å². The van der Waals surface area contributed by atoms with Gasteiger partial charge in [-0.05, 0) is 24.3 Å². The van der Waals surface area contributed by atoms with Gasteiger partial charge < -0.3 is 9.42 Å². The van der Waals surface area contributed by atoms with E-state index in [1.54, 1.807) is 11.0 Å². The Balaban J connectivity index is 1.42. The summed E-state index contributed by atoms with van der Waals surface area (Å²) in [5.41, 5.74) is 1.41. The maximum Gasteiger partial charge on any atom is 0.276 e. The predicted molar refractivity (Wildman–Crippen MR) is 108 cm³/mol. The number of amides is 1. The molecular weight excluding hydrogens is 404 g/mol. The molecule has 0 spiro atoms. The Bertz CT molecular complexity index is 1190. The van der Waals surface area contributed by atoms with E-state index < -0.39 is 10.0 Å². The summed E-state index contributed by atoms with van der Waals surface area (Å²) in [6.45, 7) is 0.860. The molecule has 0 saturated carbocycles. The smallest absolute Gasteiger partial charge is 0.276 e. The fraction of sp³-hybridized carbons (Fsp3) is 0.190. The Hall–Kier alpha value is -3.48. The third-order valence-electron chi connectivity index (χ3n) is 4.93. The lowest BCUT2D eigenvalue weighted by Crippen LogP contribution is -2.50. The number of carbonyl (C=O) groups excluding carboxylic acids is 1. The molecule has 2 aromatic carbocycles. The Morgan fingerprint density at radius 3 is 2.30 bits per heavy atom. The van der Waals surface area contributed by atoms with Crippen molar-refractivity contribution in [3.8, 4) is 17.4 Å². The summed E-state index contributed by atoms with van der Waals surface area (Å²) in [5, 5.41) is 12.7. The number of hydrogen-bond donors (Lipinski definition) is 0. The zero-order valence-corrected chi connectivity index (χ0v) is 16.7. The van der Waals surface area contributed by atoms with Gasteiger partial charge in [-0.15, -0.1) is 0 Å². The van der Waals surface area contributed by atoms with E-state index in [9.17, 15) is 13.2 Å². The fourth-order valence-electron chi connectivity index (χ4n) is 3.26. The van der Waals surface area contributed by atoms with Crippen molar-refractivity contribution in [2.45, 2.75) is 4.90 Å². The molecule has 4 rings (SSSR count). The first-order valence-corrected chi connectivity index (χ1v) is 10.7. The third kappa shape index (κ3) is 3.83. The average Bonchev–Trinajstić information content (AvgIpc) is 3.30. The van der Waals surface area contributed by atoms with Crippen LogP contribution in [0.5, 0.6) is 0 Å². The molecule has 1 aliphatic rings. The van der Waals surface area contributed by atoms with Crippen molar-refractivity contribution >= 4 is 15.9 Å². The van der Waals surface area contributed by atoms with Crippen molar-refractivity contribution in [3.63, 3.8) is 0 Å². The van der Waals surface area contributed by atoms with Crippen LogP contribution >= 0.6 is 0 Å². The SMILES string of the molecule is N#Cc1ccc(S(=O)(=O)N2CCN(C(=O)c3cc(-c4ccccc4)on3)CC2)cc1. The van der Waals surface area contributed by atoms with Crippen molar-refractivity contribution in [1.29, 1.82) is 5.26 Å². The lowest BCUT2D eigenvalue weighted by molar-refractivity contribution is 0.0687. The molecule has 30 heavy (non-hydrogen) atoms. The molecule has 0 radical (unpaired) electrons. The molecule has 0 N–H and O–H groups in total. The molecule has 9 heteroatoms. The minimum Gasteiger partial charge on any atom is -0.355 e. The van der Waals surface area contributed by atoms with Crippen LogP contribution in [0.1, 0.15) is 16.1 Å². The lowest BCUT2D eigenvalue weighted by Gasteiger charge is -2.33. The summed E-state index contributed by atoms with van der Waals surface area (Å²) in [6, 6.07) is 18.7. The molecule has 2 heterocycles. The summed E-state index contributed by atoms with van der Waals surface area (Å²) < 4.78 is 32.2.